The molecule has 1 aromatic rings. The molecule has 1 aromatic heterocycles. The quantitative estimate of drug-likeness (QED) is 0.337. The minimum atomic E-state index is -2.34. The van der Waals surface area contributed by atoms with Crippen LogP contribution in [-0.2, 0) is 6.42 Å². The summed E-state index contributed by atoms with van der Waals surface area (Å²) >= 11 is -2.34. The molecule has 140 valence electrons. The maximum atomic E-state index is 6.26. The molecule has 1 rings (SSSR count). The van der Waals surface area contributed by atoms with Crippen LogP contribution in [0, 0.1) is 0 Å². The van der Waals surface area contributed by atoms with Crippen LogP contribution < -0.4 is 3.78 Å². The van der Waals surface area contributed by atoms with E-state index in [2.05, 4.69) is 52.1 Å². The minimum absolute atomic E-state index is 1.16. The fourth-order valence-electron chi connectivity index (χ4n) is 3.67. The van der Waals surface area contributed by atoms with Crippen LogP contribution in [0.5, 0.6) is 0 Å². The zero-order valence-electron chi connectivity index (χ0n) is 17.0. The van der Waals surface area contributed by atoms with Crippen molar-refractivity contribution < 1.29 is 4.42 Å². The van der Waals surface area contributed by atoms with E-state index < -0.39 is 18.4 Å². The predicted octanol–water partition coefficient (Wildman–Crippen LogP) is 5.83. The molecule has 0 aliphatic heterocycles. The third-order valence-corrected chi connectivity index (χ3v) is 20.2. The van der Waals surface area contributed by atoms with E-state index in [9.17, 15) is 0 Å². The topological polar surface area (TPSA) is 16.4 Å². The van der Waals surface area contributed by atoms with Crippen LogP contribution in [0.25, 0.3) is 0 Å². The molecule has 0 atom stereocenters. The molecular formula is C21H41NOSn. The van der Waals surface area contributed by atoms with Gasteiger partial charge in [-0.15, -0.1) is 0 Å². The normalized spacial score (nSPS) is 12.2. The molecule has 0 bridgehead atoms. The van der Waals surface area contributed by atoms with E-state index in [0.29, 0.717) is 0 Å². The number of hydrogen-bond acceptors (Lipinski definition) is 2. The second-order valence-electron chi connectivity index (χ2n) is 7.82. The number of unbranched alkanes of at least 4 members (excludes halogenated alkanes) is 3. The summed E-state index contributed by atoms with van der Waals surface area (Å²) in [5.74, 6) is 0. The molecule has 1 heterocycles. The Morgan fingerprint density at radius 1 is 0.875 bits per heavy atom. The van der Waals surface area contributed by atoms with E-state index in [4.69, 9.17) is 4.42 Å². The van der Waals surface area contributed by atoms with Crippen molar-refractivity contribution in [2.75, 3.05) is 20.6 Å². The van der Waals surface area contributed by atoms with Gasteiger partial charge in [0.25, 0.3) is 0 Å². The van der Waals surface area contributed by atoms with Crippen LogP contribution in [0.3, 0.4) is 0 Å². The van der Waals surface area contributed by atoms with Gasteiger partial charge in [0.15, 0.2) is 0 Å². The summed E-state index contributed by atoms with van der Waals surface area (Å²) in [6.07, 6.45) is 12.7. The van der Waals surface area contributed by atoms with Crippen LogP contribution in [0.2, 0.25) is 13.3 Å². The van der Waals surface area contributed by atoms with Gasteiger partial charge in [-0.25, -0.2) is 0 Å². The Hall–Kier alpha value is 0.0387. The number of nitrogens with zero attached hydrogens (tertiary/aromatic N) is 1. The predicted molar refractivity (Wildman–Crippen MR) is 110 cm³/mol. The number of aryl methyl sites for hydroxylation is 1. The summed E-state index contributed by atoms with van der Waals surface area (Å²) in [5.41, 5.74) is 1.44. The van der Waals surface area contributed by atoms with Crippen molar-refractivity contribution in [1.82, 2.24) is 4.90 Å². The third kappa shape index (κ3) is 7.51. The van der Waals surface area contributed by atoms with Crippen LogP contribution >= 0.6 is 0 Å². The van der Waals surface area contributed by atoms with Crippen LogP contribution in [0.4, 0.5) is 0 Å². The van der Waals surface area contributed by atoms with Gasteiger partial charge in [-0.2, -0.15) is 0 Å². The summed E-state index contributed by atoms with van der Waals surface area (Å²) in [6.45, 7) is 8.18. The van der Waals surface area contributed by atoms with Crippen molar-refractivity contribution in [1.29, 1.82) is 0 Å². The summed E-state index contributed by atoms with van der Waals surface area (Å²) < 4.78 is 12.2. The van der Waals surface area contributed by atoms with Gasteiger partial charge in [0.1, 0.15) is 0 Å². The zero-order valence-corrected chi connectivity index (χ0v) is 19.8. The molecule has 0 aliphatic carbocycles. The standard InChI is InChI=1S/C9H14NO.3C4H9.Sn/c1-10(2)6-3-4-9-5-7-11-8-9;3*1-3-4-2;/h5,8H,3-4,6H2,1-2H3;3*1,3-4H2,2H3;. The maximum absolute atomic E-state index is 6.26. The Kier molecular flexibility index (Phi) is 11.4. The van der Waals surface area contributed by atoms with Gasteiger partial charge in [0, 0.05) is 0 Å². The van der Waals surface area contributed by atoms with Gasteiger partial charge in [-0.1, -0.05) is 0 Å². The van der Waals surface area contributed by atoms with E-state index in [-0.39, 0.29) is 0 Å². The van der Waals surface area contributed by atoms with Crippen LogP contribution in [0.1, 0.15) is 71.3 Å². The molecule has 0 fully saturated rings. The van der Waals surface area contributed by atoms with Gasteiger partial charge >= 0.3 is 155 Å². The molecule has 0 aromatic carbocycles. The van der Waals surface area contributed by atoms with Crippen molar-refractivity contribution in [2.45, 2.75) is 85.4 Å². The monoisotopic (exact) mass is 443 g/mol. The number of furan rings is 1. The van der Waals surface area contributed by atoms with E-state index >= 15 is 0 Å². The SMILES string of the molecule is CCC[CH2][Sn]([CH2]CCC)([CH2]CCC)[c]1cc(CCCN(C)C)co1. The van der Waals surface area contributed by atoms with E-state index in [0.717, 1.165) is 6.54 Å². The van der Waals surface area contributed by atoms with E-state index in [1.165, 1.54) is 74.0 Å². The average molecular weight is 442 g/mol. The van der Waals surface area contributed by atoms with Crippen molar-refractivity contribution in [3.05, 3.63) is 17.9 Å². The fraction of sp³-hybridized carbons (Fsp3) is 0.810. The Morgan fingerprint density at radius 3 is 1.88 bits per heavy atom. The Labute approximate surface area is 155 Å². The molecular weight excluding hydrogens is 401 g/mol. The van der Waals surface area contributed by atoms with Gasteiger partial charge in [0.2, 0.25) is 0 Å². The Bertz CT molecular complexity index is 405. The molecule has 0 radical (unpaired) electrons. The second kappa shape index (κ2) is 12.4. The summed E-state index contributed by atoms with van der Waals surface area (Å²) in [5, 5.41) is 0. The van der Waals surface area contributed by atoms with E-state index in [1.807, 2.05) is 0 Å². The molecule has 0 amide bonds. The second-order valence-corrected chi connectivity index (χ2v) is 20.8. The molecule has 24 heavy (non-hydrogen) atoms. The molecule has 0 N–H and O–H groups in total. The van der Waals surface area contributed by atoms with Crippen molar-refractivity contribution in [3.63, 3.8) is 0 Å². The molecule has 0 saturated heterocycles. The fourth-order valence-corrected chi connectivity index (χ4v) is 19.0. The van der Waals surface area contributed by atoms with Crippen molar-refractivity contribution >= 4 is 22.2 Å². The molecule has 2 nitrogen and oxygen atoms in total. The van der Waals surface area contributed by atoms with Gasteiger partial charge in [-0.05, 0) is 0 Å². The first-order valence-electron chi connectivity index (χ1n) is 10.3. The molecule has 0 unspecified atom stereocenters. The number of rotatable bonds is 14. The Balaban J connectivity index is 2.87. The van der Waals surface area contributed by atoms with Crippen molar-refractivity contribution in [2.24, 2.45) is 0 Å². The van der Waals surface area contributed by atoms with Gasteiger partial charge < -0.3 is 0 Å². The van der Waals surface area contributed by atoms with E-state index in [1.54, 1.807) is 0 Å². The van der Waals surface area contributed by atoms with Gasteiger partial charge in [-0.3, -0.25) is 0 Å². The average Bonchev–Trinajstić information content (AvgIpc) is 3.03. The zero-order chi connectivity index (χ0) is 17.8. The first-order chi connectivity index (χ1) is 11.6. The van der Waals surface area contributed by atoms with Crippen LogP contribution in [-0.4, -0.2) is 43.9 Å². The van der Waals surface area contributed by atoms with Crippen molar-refractivity contribution in [3.8, 4) is 0 Å². The summed E-state index contributed by atoms with van der Waals surface area (Å²) in [7, 11) is 4.31. The molecule has 0 saturated carbocycles. The van der Waals surface area contributed by atoms with Crippen LogP contribution in [0.15, 0.2) is 16.7 Å². The molecule has 0 spiro atoms. The molecule has 0 aliphatic rings. The summed E-state index contributed by atoms with van der Waals surface area (Å²) in [4.78, 5) is 2.27. The first-order valence-corrected chi connectivity index (χ1v) is 17.8. The summed E-state index contributed by atoms with van der Waals surface area (Å²) in [6, 6.07) is 2.48. The first kappa shape index (κ1) is 22.1. The third-order valence-electron chi connectivity index (χ3n) is 5.27. The Morgan fingerprint density at radius 2 is 1.42 bits per heavy atom. The number of hydrogen-bond donors (Lipinski definition) is 0. The molecule has 3 heteroatoms. The van der Waals surface area contributed by atoms with Gasteiger partial charge in [0.05, 0.1) is 0 Å².